The van der Waals surface area contributed by atoms with Crippen LogP contribution in [0.1, 0.15) is 63.1 Å². The van der Waals surface area contributed by atoms with Crippen LogP contribution in [0.25, 0.3) is 0 Å². The molecule has 4 N–H and O–H groups in total. The molecular weight excluding hydrogens is 672 g/mol. The zero-order valence-corrected chi connectivity index (χ0v) is 29.6. The number of nitrogens with one attached hydrogen (secondary N) is 3. The number of esters is 1. The number of carbonyl (C=O) groups excluding carboxylic acids is 7. The molecule has 1 heterocycles. The second-order valence-corrected chi connectivity index (χ2v) is 13.6. The van der Waals surface area contributed by atoms with Gasteiger partial charge in [-0.1, -0.05) is 81.8 Å². The van der Waals surface area contributed by atoms with E-state index in [1.165, 1.54) is 4.90 Å². The Morgan fingerprint density at radius 1 is 0.904 bits per heavy atom. The number of fused-ring (bicyclic) bond motifs is 1. The van der Waals surface area contributed by atoms with Crippen LogP contribution in [0.5, 0.6) is 0 Å². The maximum atomic E-state index is 14.2. The molecule has 2 aromatic rings. The van der Waals surface area contributed by atoms with Crippen molar-refractivity contribution in [3.63, 3.8) is 0 Å². The Hall–Kier alpha value is -5.40. The van der Waals surface area contributed by atoms with E-state index in [0.29, 0.717) is 31.2 Å². The molecule has 0 bridgehead atoms. The predicted molar refractivity (Wildman–Crippen MR) is 186 cm³/mol. The van der Waals surface area contributed by atoms with E-state index in [1.54, 1.807) is 51.1 Å². The smallest absolute Gasteiger partial charge is 0.322 e. The molecule has 1 aliphatic heterocycles. The predicted octanol–water partition coefficient (Wildman–Crippen LogP) is 1.31. The third-order valence-electron chi connectivity index (χ3n) is 9.33. The van der Waals surface area contributed by atoms with Gasteiger partial charge in [-0.2, -0.15) is 0 Å². The van der Waals surface area contributed by atoms with Crippen LogP contribution in [0.3, 0.4) is 0 Å². The average Bonchev–Trinajstić information content (AvgIpc) is 3.55. The molecule has 4 rings (SSSR count). The van der Waals surface area contributed by atoms with Gasteiger partial charge in [-0.05, 0) is 48.3 Å². The Bertz CT molecular complexity index is 1680. The summed E-state index contributed by atoms with van der Waals surface area (Å²) in [5, 5.41) is 16.0. The van der Waals surface area contributed by atoms with Crippen molar-refractivity contribution in [2.24, 2.45) is 11.8 Å². The summed E-state index contributed by atoms with van der Waals surface area (Å²) in [5.74, 6) is -8.26. The third-order valence-corrected chi connectivity index (χ3v) is 9.33. The first-order valence-electron chi connectivity index (χ1n) is 17.6. The van der Waals surface area contributed by atoms with Gasteiger partial charge in [0.15, 0.2) is 0 Å². The van der Waals surface area contributed by atoms with Crippen LogP contribution in [0, 0.1) is 11.8 Å². The standard InChI is InChI=1S/C38H46N4O10/c1-4-10-28(33(46)36(49)39-20-31(44)45)40-34(47)29-19-27(52-38(51)26-16-15-24-13-8-9-14-25(24)18-26)21-42(29)37(50)32(22(2)3)41-35(48)30(43)17-23-11-6-5-7-12-23/h5-9,11-14,22,26-29,32H,4,10,15-21H2,1-3H3,(H,39,49)(H,40,47)(H,41,48)(H,44,45)/t26?,27-,28?,29+,32+/m1/s1. The molecule has 5 atom stereocenters. The lowest BCUT2D eigenvalue weighted by Crippen LogP contribution is -2.58. The second-order valence-electron chi connectivity index (χ2n) is 13.6. The van der Waals surface area contributed by atoms with Crippen LogP contribution in [0.2, 0.25) is 0 Å². The molecule has 1 aliphatic carbocycles. The van der Waals surface area contributed by atoms with Gasteiger partial charge in [0.25, 0.3) is 11.8 Å². The van der Waals surface area contributed by atoms with Gasteiger partial charge < -0.3 is 30.7 Å². The summed E-state index contributed by atoms with van der Waals surface area (Å²) in [4.78, 5) is 105. The number of likely N-dealkylation sites (tertiary alicyclic amines) is 1. The monoisotopic (exact) mass is 718 g/mol. The van der Waals surface area contributed by atoms with Crippen LogP contribution in [-0.4, -0.2) is 94.5 Å². The van der Waals surface area contributed by atoms with Gasteiger partial charge in [-0.25, -0.2) is 0 Å². The molecule has 0 spiro atoms. The molecule has 1 saturated heterocycles. The van der Waals surface area contributed by atoms with Crippen molar-refractivity contribution in [1.82, 2.24) is 20.9 Å². The zero-order valence-electron chi connectivity index (χ0n) is 29.6. The largest absolute Gasteiger partial charge is 0.480 e. The summed E-state index contributed by atoms with van der Waals surface area (Å²) in [6.07, 6.45) is 0.943. The lowest BCUT2D eigenvalue weighted by molar-refractivity contribution is -0.154. The lowest BCUT2D eigenvalue weighted by Gasteiger charge is -2.31. The molecule has 278 valence electrons. The number of benzene rings is 2. The maximum absolute atomic E-state index is 14.2. The number of hydrogen-bond acceptors (Lipinski definition) is 9. The van der Waals surface area contributed by atoms with Gasteiger partial charge >= 0.3 is 11.9 Å². The van der Waals surface area contributed by atoms with Crippen molar-refractivity contribution < 1.29 is 48.2 Å². The summed E-state index contributed by atoms with van der Waals surface area (Å²) in [6.45, 7) is 4.06. The fourth-order valence-corrected chi connectivity index (χ4v) is 6.54. The van der Waals surface area contributed by atoms with Crippen molar-refractivity contribution in [2.75, 3.05) is 13.1 Å². The number of rotatable bonds is 16. The number of hydrogen-bond donors (Lipinski definition) is 4. The summed E-state index contributed by atoms with van der Waals surface area (Å²) in [6, 6.07) is 12.6. The van der Waals surface area contributed by atoms with Crippen LogP contribution >= 0.6 is 0 Å². The number of amides is 4. The van der Waals surface area contributed by atoms with Crippen molar-refractivity contribution >= 4 is 47.1 Å². The number of carboxylic acid groups (broad SMARTS) is 1. The highest BCUT2D eigenvalue weighted by molar-refractivity contribution is 6.38. The summed E-state index contributed by atoms with van der Waals surface area (Å²) < 4.78 is 5.90. The zero-order chi connectivity index (χ0) is 37.9. The van der Waals surface area contributed by atoms with Crippen LogP contribution in [-0.2, 0) is 62.4 Å². The van der Waals surface area contributed by atoms with E-state index < -0.39 is 89.7 Å². The number of aliphatic carboxylic acids is 1. The van der Waals surface area contributed by atoms with Crippen molar-refractivity contribution in [3.8, 4) is 0 Å². The Balaban J connectivity index is 1.53. The van der Waals surface area contributed by atoms with E-state index in [2.05, 4.69) is 10.6 Å². The van der Waals surface area contributed by atoms with Gasteiger partial charge in [0, 0.05) is 12.8 Å². The van der Waals surface area contributed by atoms with E-state index in [-0.39, 0.29) is 25.8 Å². The normalized spacial score (nSPS) is 19.1. The van der Waals surface area contributed by atoms with Crippen LogP contribution < -0.4 is 16.0 Å². The number of Topliss-reactive ketones (excluding diaryl/α,β-unsaturated/α-hetero) is 2. The summed E-state index contributed by atoms with van der Waals surface area (Å²) in [5.41, 5.74) is 2.83. The Morgan fingerprint density at radius 2 is 1.58 bits per heavy atom. The molecule has 0 radical (unpaired) electrons. The molecule has 2 aliphatic rings. The molecular formula is C38H46N4O10. The number of ether oxygens (including phenoxy) is 1. The molecule has 0 saturated carbocycles. The van der Waals surface area contributed by atoms with Gasteiger partial charge in [0.05, 0.1) is 18.5 Å². The molecule has 2 aromatic carbocycles. The van der Waals surface area contributed by atoms with E-state index in [1.807, 2.05) is 29.6 Å². The Morgan fingerprint density at radius 3 is 2.23 bits per heavy atom. The van der Waals surface area contributed by atoms with E-state index >= 15 is 0 Å². The fourth-order valence-electron chi connectivity index (χ4n) is 6.54. The first kappa shape index (κ1) is 39.4. The SMILES string of the molecule is CCCC(NC(=O)[C@@H]1C[C@@H](OC(=O)C2CCc3ccccc3C2)CN1C(=O)[C@@H](NC(=O)C(=O)Cc1ccccc1)C(C)C)C(=O)C(=O)NCC(=O)O. The number of aryl methyl sites for hydroxylation is 1. The highest BCUT2D eigenvalue weighted by Crippen LogP contribution is 2.29. The minimum Gasteiger partial charge on any atom is -0.480 e. The van der Waals surface area contributed by atoms with Crippen molar-refractivity contribution in [1.29, 1.82) is 0 Å². The number of ketones is 2. The number of carboxylic acids is 1. The molecule has 0 aromatic heterocycles. The van der Waals surface area contributed by atoms with E-state index in [0.717, 1.165) is 11.1 Å². The molecule has 1 fully saturated rings. The highest BCUT2D eigenvalue weighted by atomic mass is 16.5. The molecule has 14 nitrogen and oxygen atoms in total. The number of nitrogens with zero attached hydrogens (tertiary/aromatic N) is 1. The van der Waals surface area contributed by atoms with Gasteiger partial charge in [0.1, 0.15) is 24.7 Å². The van der Waals surface area contributed by atoms with Crippen LogP contribution in [0.4, 0.5) is 0 Å². The Kier molecular flexibility index (Phi) is 13.8. The molecule has 52 heavy (non-hydrogen) atoms. The topological polar surface area (TPSA) is 205 Å². The fraction of sp³-hybridized carbons (Fsp3) is 0.474. The minimum atomic E-state index is -1.36. The highest BCUT2D eigenvalue weighted by Gasteiger charge is 2.46. The molecule has 4 amide bonds. The summed E-state index contributed by atoms with van der Waals surface area (Å²) in [7, 11) is 0. The van der Waals surface area contributed by atoms with Crippen molar-refractivity contribution in [2.45, 2.75) is 89.9 Å². The lowest BCUT2D eigenvalue weighted by atomic mass is 9.84. The van der Waals surface area contributed by atoms with Gasteiger partial charge in [-0.15, -0.1) is 0 Å². The molecule has 14 heteroatoms. The van der Waals surface area contributed by atoms with E-state index in [9.17, 15) is 38.4 Å². The van der Waals surface area contributed by atoms with Crippen molar-refractivity contribution in [3.05, 3.63) is 71.3 Å². The third kappa shape index (κ3) is 10.3. The quantitative estimate of drug-likeness (QED) is 0.145. The minimum absolute atomic E-state index is 0.0432. The van der Waals surface area contributed by atoms with Gasteiger partial charge in [0.2, 0.25) is 23.4 Å². The first-order valence-corrected chi connectivity index (χ1v) is 17.6. The first-order chi connectivity index (χ1) is 24.8. The van der Waals surface area contributed by atoms with Crippen LogP contribution in [0.15, 0.2) is 54.6 Å². The second kappa shape index (κ2) is 18.2. The maximum Gasteiger partial charge on any atom is 0.322 e. The Labute approximate surface area is 302 Å². The van der Waals surface area contributed by atoms with Gasteiger partial charge in [-0.3, -0.25) is 38.4 Å². The molecule has 2 unspecified atom stereocenters. The summed E-state index contributed by atoms with van der Waals surface area (Å²) >= 11 is 0. The number of carbonyl (C=O) groups is 8. The average molecular weight is 719 g/mol. The van der Waals surface area contributed by atoms with E-state index in [4.69, 9.17) is 9.84 Å².